The van der Waals surface area contributed by atoms with Gasteiger partial charge >= 0.3 is 0 Å². The van der Waals surface area contributed by atoms with Crippen LogP contribution in [0, 0.1) is 0 Å². The van der Waals surface area contributed by atoms with Gasteiger partial charge in [0.2, 0.25) is 0 Å². The van der Waals surface area contributed by atoms with Crippen LogP contribution in [0.25, 0.3) is 0 Å². The number of aliphatic hydroxyl groups is 1. The minimum Gasteiger partial charge on any atom is -0.389 e. The molecule has 0 bridgehead atoms. The molecule has 18 heavy (non-hydrogen) atoms. The van der Waals surface area contributed by atoms with E-state index in [1.807, 2.05) is 12.1 Å². The maximum atomic E-state index is 9.57. The third-order valence-corrected chi connectivity index (χ3v) is 4.25. The van der Waals surface area contributed by atoms with E-state index in [0.717, 1.165) is 42.8 Å². The van der Waals surface area contributed by atoms with Gasteiger partial charge in [0.15, 0.2) is 0 Å². The average Bonchev–Trinajstić information content (AvgIpc) is 2.38. The van der Waals surface area contributed by atoms with E-state index in [1.165, 1.54) is 5.69 Å². The molecule has 1 aromatic rings. The number of benzene rings is 1. The van der Waals surface area contributed by atoms with Gasteiger partial charge in [0.1, 0.15) is 0 Å². The van der Waals surface area contributed by atoms with Gasteiger partial charge in [0.05, 0.1) is 11.8 Å². The third kappa shape index (κ3) is 3.05. The maximum absolute atomic E-state index is 9.57. The molecule has 0 aromatic heterocycles. The highest BCUT2D eigenvalue weighted by Crippen LogP contribution is 2.30. The molecule has 0 spiro atoms. The maximum Gasteiger partial charge on any atom is 0.0762 e. The Balaban J connectivity index is 2.10. The van der Waals surface area contributed by atoms with Crippen molar-refractivity contribution in [2.45, 2.75) is 20.0 Å². The molecule has 0 amide bonds. The Kier molecular flexibility index (Phi) is 4.65. The number of anilines is 1. The van der Waals surface area contributed by atoms with E-state index < -0.39 is 6.10 Å². The number of halogens is 1. The summed E-state index contributed by atoms with van der Waals surface area (Å²) in [6, 6.07) is 6.14. The Morgan fingerprint density at radius 2 is 1.94 bits per heavy atom. The lowest BCUT2D eigenvalue weighted by Gasteiger charge is -2.36. The summed E-state index contributed by atoms with van der Waals surface area (Å²) >= 11 is 3.62. The summed E-state index contributed by atoms with van der Waals surface area (Å²) in [5.41, 5.74) is 2.19. The van der Waals surface area contributed by atoms with Gasteiger partial charge in [-0.25, -0.2) is 0 Å². The SMILES string of the molecule is CCN1CCN(c2ccc(C(C)O)cc2Br)CC1. The zero-order valence-electron chi connectivity index (χ0n) is 11.1. The summed E-state index contributed by atoms with van der Waals surface area (Å²) in [5, 5.41) is 9.57. The van der Waals surface area contributed by atoms with Crippen LogP contribution in [0.5, 0.6) is 0 Å². The molecule has 1 N–H and O–H groups in total. The predicted molar refractivity (Wildman–Crippen MR) is 79.1 cm³/mol. The second-order valence-electron chi connectivity index (χ2n) is 4.81. The number of aliphatic hydroxyl groups excluding tert-OH is 1. The summed E-state index contributed by atoms with van der Waals surface area (Å²) in [7, 11) is 0. The number of hydrogen-bond acceptors (Lipinski definition) is 3. The topological polar surface area (TPSA) is 26.7 Å². The standard InChI is InChI=1S/C14H21BrN2O/c1-3-16-6-8-17(9-7-16)14-5-4-12(11(2)18)10-13(14)15/h4-5,10-11,18H,3,6-9H2,1-2H3. The van der Waals surface area contributed by atoms with Crippen molar-refractivity contribution in [1.29, 1.82) is 0 Å². The van der Waals surface area contributed by atoms with Crippen molar-refractivity contribution < 1.29 is 5.11 Å². The van der Waals surface area contributed by atoms with Crippen molar-refractivity contribution in [3.05, 3.63) is 28.2 Å². The van der Waals surface area contributed by atoms with Gasteiger partial charge in [-0.05, 0) is 47.1 Å². The molecule has 1 aliphatic rings. The Hall–Kier alpha value is -0.580. The van der Waals surface area contributed by atoms with E-state index in [-0.39, 0.29) is 0 Å². The van der Waals surface area contributed by atoms with Crippen LogP contribution >= 0.6 is 15.9 Å². The minimum atomic E-state index is -0.410. The monoisotopic (exact) mass is 312 g/mol. The van der Waals surface area contributed by atoms with Crippen LogP contribution in [0.1, 0.15) is 25.5 Å². The smallest absolute Gasteiger partial charge is 0.0762 e. The Morgan fingerprint density at radius 1 is 1.28 bits per heavy atom. The molecule has 3 nitrogen and oxygen atoms in total. The molecule has 100 valence electrons. The first kappa shape index (κ1) is 13.8. The molecule has 0 saturated carbocycles. The molecule has 1 unspecified atom stereocenters. The van der Waals surface area contributed by atoms with Gasteiger partial charge in [0.25, 0.3) is 0 Å². The second-order valence-corrected chi connectivity index (χ2v) is 5.66. The molecule has 4 heteroatoms. The minimum absolute atomic E-state index is 0.410. The zero-order chi connectivity index (χ0) is 13.1. The fourth-order valence-corrected chi connectivity index (χ4v) is 2.99. The first-order valence-electron chi connectivity index (χ1n) is 6.56. The van der Waals surface area contributed by atoms with Crippen molar-refractivity contribution in [2.75, 3.05) is 37.6 Å². The molecule has 1 saturated heterocycles. The lowest BCUT2D eigenvalue weighted by Crippen LogP contribution is -2.46. The largest absolute Gasteiger partial charge is 0.389 e. The third-order valence-electron chi connectivity index (χ3n) is 3.61. The van der Waals surface area contributed by atoms with E-state index in [2.05, 4.69) is 38.7 Å². The fourth-order valence-electron chi connectivity index (χ4n) is 2.34. The van der Waals surface area contributed by atoms with Gasteiger partial charge in [-0.2, -0.15) is 0 Å². The average molecular weight is 313 g/mol. The Bertz CT molecular complexity index is 401. The molecule has 1 aromatic carbocycles. The molecule has 0 aliphatic carbocycles. The Morgan fingerprint density at radius 3 is 2.44 bits per heavy atom. The summed E-state index contributed by atoms with van der Waals surface area (Å²) in [4.78, 5) is 4.87. The van der Waals surface area contributed by atoms with Gasteiger partial charge in [-0.1, -0.05) is 13.0 Å². The zero-order valence-corrected chi connectivity index (χ0v) is 12.7. The highest BCUT2D eigenvalue weighted by atomic mass is 79.9. The van der Waals surface area contributed by atoms with Crippen LogP contribution in [0.15, 0.2) is 22.7 Å². The summed E-state index contributed by atoms with van der Waals surface area (Å²) < 4.78 is 1.07. The summed E-state index contributed by atoms with van der Waals surface area (Å²) in [6.45, 7) is 9.53. The van der Waals surface area contributed by atoms with Gasteiger partial charge < -0.3 is 14.9 Å². The van der Waals surface area contributed by atoms with Crippen molar-refractivity contribution in [1.82, 2.24) is 4.90 Å². The van der Waals surface area contributed by atoms with Gasteiger partial charge in [0, 0.05) is 30.7 Å². The van der Waals surface area contributed by atoms with Crippen molar-refractivity contribution >= 4 is 21.6 Å². The quantitative estimate of drug-likeness (QED) is 0.929. The highest BCUT2D eigenvalue weighted by Gasteiger charge is 2.18. The predicted octanol–water partition coefficient (Wildman–Crippen LogP) is 2.64. The summed E-state index contributed by atoms with van der Waals surface area (Å²) in [5.74, 6) is 0. The van der Waals surface area contributed by atoms with E-state index in [1.54, 1.807) is 6.92 Å². The highest BCUT2D eigenvalue weighted by molar-refractivity contribution is 9.10. The van der Waals surface area contributed by atoms with E-state index in [9.17, 15) is 5.11 Å². The molecular formula is C14H21BrN2O. The van der Waals surface area contributed by atoms with Crippen LogP contribution in [-0.2, 0) is 0 Å². The molecule has 1 fully saturated rings. The number of likely N-dealkylation sites (N-methyl/N-ethyl adjacent to an activating group) is 1. The van der Waals surface area contributed by atoms with Crippen LogP contribution in [-0.4, -0.2) is 42.7 Å². The van der Waals surface area contributed by atoms with E-state index >= 15 is 0 Å². The van der Waals surface area contributed by atoms with Crippen LogP contribution < -0.4 is 4.90 Å². The van der Waals surface area contributed by atoms with Crippen LogP contribution in [0.3, 0.4) is 0 Å². The number of nitrogens with zero attached hydrogens (tertiary/aromatic N) is 2. The Labute approximate surface area is 118 Å². The second kappa shape index (κ2) is 6.04. The van der Waals surface area contributed by atoms with Crippen LogP contribution in [0.2, 0.25) is 0 Å². The molecule has 1 atom stereocenters. The normalized spacial score (nSPS) is 19.0. The lowest BCUT2D eigenvalue weighted by molar-refractivity contribution is 0.199. The van der Waals surface area contributed by atoms with Crippen LogP contribution in [0.4, 0.5) is 5.69 Å². The molecule has 2 rings (SSSR count). The number of hydrogen-bond donors (Lipinski definition) is 1. The number of piperazine rings is 1. The lowest BCUT2D eigenvalue weighted by atomic mass is 10.1. The van der Waals surface area contributed by atoms with Gasteiger partial charge in [-0.3, -0.25) is 0 Å². The van der Waals surface area contributed by atoms with E-state index in [4.69, 9.17) is 0 Å². The van der Waals surface area contributed by atoms with Crippen molar-refractivity contribution in [2.24, 2.45) is 0 Å². The van der Waals surface area contributed by atoms with Crippen molar-refractivity contribution in [3.63, 3.8) is 0 Å². The fraction of sp³-hybridized carbons (Fsp3) is 0.571. The van der Waals surface area contributed by atoms with E-state index in [0.29, 0.717) is 0 Å². The molecular weight excluding hydrogens is 292 g/mol. The first-order valence-corrected chi connectivity index (χ1v) is 7.36. The molecule has 0 radical (unpaired) electrons. The molecule has 1 heterocycles. The molecule has 1 aliphatic heterocycles. The van der Waals surface area contributed by atoms with Gasteiger partial charge in [-0.15, -0.1) is 0 Å². The first-order chi connectivity index (χ1) is 8.61. The number of rotatable bonds is 3. The summed E-state index contributed by atoms with van der Waals surface area (Å²) in [6.07, 6.45) is -0.410. The van der Waals surface area contributed by atoms with Crippen molar-refractivity contribution in [3.8, 4) is 0 Å².